The van der Waals surface area contributed by atoms with Crippen molar-refractivity contribution in [2.45, 2.75) is 13.8 Å². The summed E-state index contributed by atoms with van der Waals surface area (Å²) in [4.78, 5) is 2.37. The number of hydrogen-bond donors (Lipinski definition) is 1. The van der Waals surface area contributed by atoms with E-state index in [4.69, 9.17) is 23.2 Å². The van der Waals surface area contributed by atoms with Crippen molar-refractivity contribution in [3.05, 3.63) is 28.2 Å². The smallest absolute Gasteiger partial charge is 0.0612 e. The van der Waals surface area contributed by atoms with Crippen LogP contribution >= 0.6 is 23.2 Å². The molecule has 0 aromatic heterocycles. The van der Waals surface area contributed by atoms with Crippen molar-refractivity contribution in [1.82, 2.24) is 4.90 Å². The fourth-order valence-corrected chi connectivity index (χ4v) is 1.80. The number of nitrogens with zero attached hydrogens (tertiary/aromatic N) is 1. The topological polar surface area (TPSA) is 15.3 Å². The zero-order chi connectivity index (χ0) is 12.0. The van der Waals surface area contributed by atoms with E-state index >= 15 is 0 Å². The highest BCUT2D eigenvalue weighted by atomic mass is 35.5. The summed E-state index contributed by atoms with van der Waals surface area (Å²) >= 11 is 11.8. The molecule has 90 valence electrons. The molecule has 0 radical (unpaired) electrons. The van der Waals surface area contributed by atoms with Crippen molar-refractivity contribution in [3.8, 4) is 0 Å². The Hall–Kier alpha value is -0.440. The molecule has 0 aliphatic heterocycles. The summed E-state index contributed by atoms with van der Waals surface area (Å²) in [5.74, 6) is 0. The molecular weight excluding hydrogens is 243 g/mol. The molecule has 0 atom stereocenters. The first-order chi connectivity index (χ1) is 7.67. The van der Waals surface area contributed by atoms with Crippen molar-refractivity contribution >= 4 is 28.9 Å². The summed E-state index contributed by atoms with van der Waals surface area (Å²) in [5, 5.41) is 4.51. The van der Waals surface area contributed by atoms with Gasteiger partial charge in [0.25, 0.3) is 0 Å². The Labute approximate surface area is 108 Å². The molecule has 0 saturated carbocycles. The molecule has 1 rings (SSSR count). The summed E-state index contributed by atoms with van der Waals surface area (Å²) in [5.41, 5.74) is 1.02. The normalized spacial score (nSPS) is 10.8. The minimum absolute atomic E-state index is 0.592. The second-order valence-corrected chi connectivity index (χ2v) is 4.40. The van der Waals surface area contributed by atoms with Gasteiger partial charge in [-0.2, -0.15) is 0 Å². The molecular formula is C12H18Cl2N2. The first-order valence-corrected chi connectivity index (χ1v) is 6.34. The predicted molar refractivity (Wildman–Crippen MR) is 72.7 cm³/mol. The predicted octanol–water partition coefficient (Wildman–Crippen LogP) is 3.75. The molecule has 0 saturated heterocycles. The lowest BCUT2D eigenvalue weighted by atomic mass is 10.3. The van der Waals surface area contributed by atoms with Gasteiger partial charge in [0.2, 0.25) is 0 Å². The van der Waals surface area contributed by atoms with E-state index < -0.39 is 0 Å². The first kappa shape index (κ1) is 13.6. The van der Waals surface area contributed by atoms with Gasteiger partial charge in [0.05, 0.1) is 10.0 Å². The van der Waals surface area contributed by atoms with E-state index in [1.807, 2.05) is 18.2 Å². The molecule has 2 nitrogen and oxygen atoms in total. The van der Waals surface area contributed by atoms with Gasteiger partial charge in [-0.1, -0.05) is 37.0 Å². The standard InChI is InChI=1S/C12H18Cl2N2/c1-3-16(4-2)8-7-15-10-5-6-11(13)12(14)9-10/h5-6,9,15H,3-4,7-8H2,1-2H3. The molecule has 0 aliphatic carbocycles. The Morgan fingerprint density at radius 1 is 1.12 bits per heavy atom. The highest BCUT2D eigenvalue weighted by Crippen LogP contribution is 2.24. The fourth-order valence-electron chi connectivity index (χ4n) is 1.50. The Morgan fingerprint density at radius 2 is 1.81 bits per heavy atom. The van der Waals surface area contributed by atoms with Crippen molar-refractivity contribution in [2.24, 2.45) is 0 Å². The molecule has 1 aromatic carbocycles. The Morgan fingerprint density at radius 3 is 2.38 bits per heavy atom. The number of nitrogens with one attached hydrogen (secondary N) is 1. The molecule has 0 unspecified atom stereocenters. The maximum absolute atomic E-state index is 5.93. The first-order valence-electron chi connectivity index (χ1n) is 5.58. The van der Waals surface area contributed by atoms with Crippen LogP contribution in [0.1, 0.15) is 13.8 Å². The number of anilines is 1. The van der Waals surface area contributed by atoms with Crippen LogP contribution in [-0.4, -0.2) is 31.1 Å². The van der Waals surface area contributed by atoms with Crippen molar-refractivity contribution in [3.63, 3.8) is 0 Å². The highest BCUT2D eigenvalue weighted by molar-refractivity contribution is 6.42. The van der Waals surface area contributed by atoms with Gasteiger partial charge >= 0.3 is 0 Å². The third-order valence-electron chi connectivity index (χ3n) is 2.57. The van der Waals surface area contributed by atoms with Crippen LogP contribution in [0.5, 0.6) is 0 Å². The van der Waals surface area contributed by atoms with Crippen LogP contribution in [0.2, 0.25) is 10.0 Å². The van der Waals surface area contributed by atoms with Crippen molar-refractivity contribution in [2.75, 3.05) is 31.5 Å². The van der Waals surface area contributed by atoms with Crippen molar-refractivity contribution < 1.29 is 0 Å². The van der Waals surface area contributed by atoms with Gasteiger partial charge in [-0.05, 0) is 31.3 Å². The molecule has 0 heterocycles. The summed E-state index contributed by atoms with van der Waals surface area (Å²) in [6, 6.07) is 5.60. The number of hydrogen-bond acceptors (Lipinski definition) is 2. The van der Waals surface area contributed by atoms with Crippen LogP contribution in [0.25, 0.3) is 0 Å². The molecule has 0 fully saturated rings. The zero-order valence-electron chi connectivity index (χ0n) is 9.76. The number of rotatable bonds is 6. The maximum Gasteiger partial charge on any atom is 0.0612 e. The van der Waals surface area contributed by atoms with Gasteiger partial charge in [0.15, 0.2) is 0 Å². The van der Waals surface area contributed by atoms with E-state index in [9.17, 15) is 0 Å². The van der Waals surface area contributed by atoms with E-state index in [0.717, 1.165) is 31.9 Å². The molecule has 4 heteroatoms. The molecule has 0 spiro atoms. The van der Waals surface area contributed by atoms with Gasteiger partial charge < -0.3 is 10.2 Å². The third-order valence-corrected chi connectivity index (χ3v) is 3.31. The molecule has 1 N–H and O–H groups in total. The van der Waals surface area contributed by atoms with Crippen LogP contribution in [0, 0.1) is 0 Å². The molecule has 0 aliphatic rings. The zero-order valence-corrected chi connectivity index (χ0v) is 11.3. The van der Waals surface area contributed by atoms with Crippen LogP contribution in [-0.2, 0) is 0 Å². The van der Waals surface area contributed by atoms with E-state index in [2.05, 4.69) is 24.1 Å². The summed E-state index contributed by atoms with van der Waals surface area (Å²) < 4.78 is 0. The minimum atomic E-state index is 0.592. The van der Waals surface area contributed by atoms with E-state index in [1.165, 1.54) is 0 Å². The average Bonchev–Trinajstić information content (AvgIpc) is 2.29. The van der Waals surface area contributed by atoms with E-state index in [0.29, 0.717) is 10.0 Å². The molecule has 0 amide bonds. The number of benzene rings is 1. The van der Waals surface area contributed by atoms with Crippen molar-refractivity contribution in [1.29, 1.82) is 0 Å². The lowest BCUT2D eigenvalue weighted by Gasteiger charge is -2.18. The lowest BCUT2D eigenvalue weighted by molar-refractivity contribution is 0.316. The maximum atomic E-state index is 5.93. The van der Waals surface area contributed by atoms with Gasteiger partial charge in [0.1, 0.15) is 0 Å². The van der Waals surface area contributed by atoms with E-state index in [-0.39, 0.29) is 0 Å². The molecule has 1 aromatic rings. The van der Waals surface area contributed by atoms with Gasteiger partial charge in [-0.3, -0.25) is 0 Å². The molecule has 0 bridgehead atoms. The lowest BCUT2D eigenvalue weighted by Crippen LogP contribution is -2.28. The fraction of sp³-hybridized carbons (Fsp3) is 0.500. The summed E-state index contributed by atoms with van der Waals surface area (Å²) in [6.45, 7) is 8.46. The van der Waals surface area contributed by atoms with Crippen LogP contribution in [0.3, 0.4) is 0 Å². The number of halogens is 2. The average molecular weight is 261 g/mol. The van der Waals surface area contributed by atoms with Gasteiger partial charge in [-0.15, -0.1) is 0 Å². The van der Waals surface area contributed by atoms with Crippen LogP contribution < -0.4 is 5.32 Å². The minimum Gasteiger partial charge on any atom is -0.384 e. The quantitative estimate of drug-likeness (QED) is 0.839. The van der Waals surface area contributed by atoms with E-state index in [1.54, 1.807) is 0 Å². The third kappa shape index (κ3) is 4.20. The largest absolute Gasteiger partial charge is 0.384 e. The Balaban J connectivity index is 2.40. The number of likely N-dealkylation sites (N-methyl/N-ethyl adjacent to an activating group) is 1. The molecule has 16 heavy (non-hydrogen) atoms. The summed E-state index contributed by atoms with van der Waals surface area (Å²) in [6.07, 6.45) is 0. The SMILES string of the molecule is CCN(CC)CCNc1ccc(Cl)c(Cl)c1. The van der Waals surface area contributed by atoms with Crippen LogP contribution in [0.15, 0.2) is 18.2 Å². The summed E-state index contributed by atoms with van der Waals surface area (Å²) in [7, 11) is 0. The van der Waals surface area contributed by atoms with Gasteiger partial charge in [0, 0.05) is 18.8 Å². The van der Waals surface area contributed by atoms with Crippen LogP contribution in [0.4, 0.5) is 5.69 Å². The Kier molecular flexibility index (Phi) is 5.96. The highest BCUT2D eigenvalue weighted by Gasteiger charge is 2.00. The monoisotopic (exact) mass is 260 g/mol. The Bertz CT molecular complexity index is 325. The second-order valence-electron chi connectivity index (χ2n) is 3.58. The second kappa shape index (κ2) is 7.00. The van der Waals surface area contributed by atoms with Gasteiger partial charge in [-0.25, -0.2) is 0 Å².